The number of alkyl carbamates (subject to hydrolysis) is 1. The second-order valence-corrected chi connectivity index (χ2v) is 10.1. The Kier molecular flexibility index (Phi) is 9.13. The van der Waals surface area contributed by atoms with Crippen LogP contribution in [0.15, 0.2) is 103 Å². The zero-order chi connectivity index (χ0) is 29.3. The number of aliphatic carboxylic acids is 1. The third-order valence-electron chi connectivity index (χ3n) is 7.26. The molecule has 4 aromatic carbocycles. The molecule has 8 nitrogen and oxygen atoms in total. The van der Waals surface area contributed by atoms with E-state index in [-0.39, 0.29) is 31.9 Å². The van der Waals surface area contributed by atoms with Crippen molar-refractivity contribution in [2.24, 2.45) is 0 Å². The van der Waals surface area contributed by atoms with Gasteiger partial charge in [0.05, 0.1) is 0 Å². The van der Waals surface area contributed by atoms with Gasteiger partial charge in [-0.2, -0.15) is 0 Å². The van der Waals surface area contributed by atoms with E-state index in [1.807, 2.05) is 103 Å². The van der Waals surface area contributed by atoms with Crippen LogP contribution in [0, 0.1) is 0 Å². The van der Waals surface area contributed by atoms with Gasteiger partial charge in [0.15, 0.2) is 0 Å². The quantitative estimate of drug-likeness (QED) is 0.205. The molecule has 1 aliphatic carbocycles. The highest BCUT2D eigenvalue weighted by atomic mass is 16.5. The summed E-state index contributed by atoms with van der Waals surface area (Å²) in [4.78, 5) is 37.2. The number of rotatable bonds is 12. The minimum absolute atomic E-state index is 0.0826. The molecule has 0 fully saturated rings. The Balaban J connectivity index is 1.20. The van der Waals surface area contributed by atoms with Crippen LogP contribution in [0.5, 0.6) is 5.75 Å². The average molecular weight is 565 g/mol. The van der Waals surface area contributed by atoms with Crippen molar-refractivity contribution in [1.29, 1.82) is 0 Å². The van der Waals surface area contributed by atoms with Gasteiger partial charge in [0.2, 0.25) is 5.91 Å². The first-order chi connectivity index (χ1) is 20.5. The summed E-state index contributed by atoms with van der Waals surface area (Å²) in [6.45, 7) is 0.593. The molecule has 1 aliphatic rings. The molecule has 1 atom stereocenters. The first-order valence-corrected chi connectivity index (χ1v) is 13.8. The third kappa shape index (κ3) is 6.96. The molecule has 8 heteroatoms. The van der Waals surface area contributed by atoms with Gasteiger partial charge < -0.3 is 25.2 Å². The van der Waals surface area contributed by atoms with Crippen LogP contribution in [0.25, 0.3) is 11.1 Å². The van der Waals surface area contributed by atoms with Crippen LogP contribution in [-0.2, 0) is 27.5 Å². The lowest BCUT2D eigenvalue weighted by Crippen LogP contribution is -2.47. The Morgan fingerprint density at radius 1 is 0.786 bits per heavy atom. The van der Waals surface area contributed by atoms with Gasteiger partial charge in [-0.3, -0.25) is 9.59 Å². The maximum atomic E-state index is 13.1. The van der Waals surface area contributed by atoms with Crippen molar-refractivity contribution in [1.82, 2.24) is 10.6 Å². The number of carbonyl (C=O) groups excluding carboxylic acids is 2. The molecule has 0 heterocycles. The standard InChI is InChI=1S/C34H32N2O6/c37-32(38)19-18-30(33(39)35-20-24-12-4-9-17-31(24)41-21-23-10-2-1-3-11-23)36-34(40)42-22-29-27-15-7-5-13-25(27)26-14-6-8-16-28(26)29/h1-17,29-30H,18-22H2,(H,35,39)(H,36,40)(H,37,38). The smallest absolute Gasteiger partial charge is 0.407 e. The fraction of sp³-hybridized carbons (Fsp3) is 0.206. The van der Waals surface area contributed by atoms with Crippen molar-refractivity contribution in [3.63, 3.8) is 0 Å². The van der Waals surface area contributed by atoms with Gasteiger partial charge in [-0.1, -0.05) is 97.1 Å². The number of ether oxygens (including phenoxy) is 2. The van der Waals surface area contributed by atoms with Crippen LogP contribution >= 0.6 is 0 Å². The second kappa shape index (κ2) is 13.5. The average Bonchev–Trinajstić information content (AvgIpc) is 3.34. The van der Waals surface area contributed by atoms with E-state index in [1.54, 1.807) is 0 Å². The second-order valence-electron chi connectivity index (χ2n) is 10.1. The fourth-order valence-electron chi connectivity index (χ4n) is 5.15. The summed E-state index contributed by atoms with van der Waals surface area (Å²) in [5, 5.41) is 14.6. The highest BCUT2D eigenvalue weighted by Crippen LogP contribution is 2.44. The first-order valence-electron chi connectivity index (χ1n) is 13.8. The van der Waals surface area contributed by atoms with E-state index in [0.29, 0.717) is 12.4 Å². The SMILES string of the molecule is O=C(O)CCC(NC(=O)OCC1c2ccccc2-c2ccccc21)C(=O)NCc1ccccc1OCc1ccccc1. The van der Waals surface area contributed by atoms with E-state index < -0.39 is 24.0 Å². The number of carbonyl (C=O) groups is 3. The maximum Gasteiger partial charge on any atom is 0.407 e. The summed E-state index contributed by atoms with van der Waals surface area (Å²) in [6, 6.07) is 32.0. The molecule has 1 unspecified atom stereocenters. The summed E-state index contributed by atoms with van der Waals surface area (Å²) in [6.07, 6.45) is -1.16. The first kappa shape index (κ1) is 28.4. The van der Waals surface area contributed by atoms with Crippen LogP contribution in [-0.4, -0.2) is 35.7 Å². The van der Waals surface area contributed by atoms with Crippen LogP contribution in [0.2, 0.25) is 0 Å². The molecule has 42 heavy (non-hydrogen) atoms. The molecule has 0 spiro atoms. The molecule has 4 aromatic rings. The van der Waals surface area contributed by atoms with Crippen molar-refractivity contribution in [2.75, 3.05) is 6.61 Å². The Morgan fingerprint density at radius 3 is 2.10 bits per heavy atom. The molecule has 0 aromatic heterocycles. The summed E-state index contributed by atoms with van der Waals surface area (Å²) in [5.74, 6) is -1.10. The van der Waals surface area contributed by atoms with Crippen molar-refractivity contribution in [2.45, 2.75) is 38.0 Å². The van der Waals surface area contributed by atoms with Gasteiger partial charge in [-0.25, -0.2) is 4.79 Å². The summed E-state index contributed by atoms with van der Waals surface area (Å²) >= 11 is 0. The maximum absolute atomic E-state index is 13.1. The normalized spacial score (nSPS) is 12.5. The topological polar surface area (TPSA) is 114 Å². The largest absolute Gasteiger partial charge is 0.489 e. The molecule has 0 radical (unpaired) electrons. The van der Waals surface area contributed by atoms with E-state index in [0.717, 1.165) is 33.4 Å². The number of hydrogen-bond acceptors (Lipinski definition) is 5. The summed E-state index contributed by atoms with van der Waals surface area (Å²) in [5.41, 5.74) is 6.11. The van der Waals surface area contributed by atoms with Crippen LogP contribution in [0.4, 0.5) is 4.79 Å². The third-order valence-corrected chi connectivity index (χ3v) is 7.26. The summed E-state index contributed by atoms with van der Waals surface area (Å²) in [7, 11) is 0. The van der Waals surface area contributed by atoms with Crippen molar-refractivity contribution in [3.8, 4) is 16.9 Å². The van der Waals surface area contributed by atoms with Crippen LogP contribution < -0.4 is 15.4 Å². The van der Waals surface area contributed by atoms with Gasteiger partial charge in [0.1, 0.15) is 25.0 Å². The number of carboxylic acids is 1. The fourth-order valence-corrected chi connectivity index (χ4v) is 5.15. The van der Waals surface area contributed by atoms with Gasteiger partial charge in [0, 0.05) is 24.4 Å². The number of nitrogens with one attached hydrogen (secondary N) is 2. The number of benzene rings is 4. The Bertz CT molecular complexity index is 1510. The Hall–Kier alpha value is -5.11. The molecule has 0 bridgehead atoms. The van der Waals surface area contributed by atoms with Gasteiger partial charge in [0.25, 0.3) is 0 Å². The lowest BCUT2D eigenvalue weighted by Gasteiger charge is -2.20. The molecule has 0 saturated heterocycles. The number of carboxylic acid groups (broad SMARTS) is 1. The molecule has 5 rings (SSSR count). The monoisotopic (exact) mass is 564 g/mol. The van der Waals surface area contributed by atoms with Crippen LogP contribution in [0.3, 0.4) is 0 Å². The zero-order valence-corrected chi connectivity index (χ0v) is 23.0. The number of fused-ring (bicyclic) bond motifs is 3. The molecular weight excluding hydrogens is 532 g/mol. The van der Waals surface area contributed by atoms with E-state index in [2.05, 4.69) is 10.6 Å². The molecule has 0 aliphatic heterocycles. The van der Waals surface area contributed by atoms with Gasteiger partial charge in [-0.15, -0.1) is 0 Å². The predicted molar refractivity (Wildman–Crippen MR) is 158 cm³/mol. The molecule has 0 saturated carbocycles. The number of hydrogen-bond donors (Lipinski definition) is 3. The minimum atomic E-state index is -1.09. The Morgan fingerprint density at radius 2 is 1.40 bits per heavy atom. The highest BCUT2D eigenvalue weighted by Gasteiger charge is 2.30. The van der Waals surface area contributed by atoms with Crippen molar-refractivity contribution >= 4 is 18.0 Å². The van der Waals surface area contributed by atoms with E-state index in [4.69, 9.17) is 9.47 Å². The molecule has 3 N–H and O–H groups in total. The van der Waals surface area contributed by atoms with E-state index >= 15 is 0 Å². The van der Waals surface area contributed by atoms with Gasteiger partial charge in [-0.05, 0) is 40.3 Å². The van der Waals surface area contributed by atoms with E-state index in [9.17, 15) is 19.5 Å². The van der Waals surface area contributed by atoms with Gasteiger partial charge >= 0.3 is 12.1 Å². The zero-order valence-electron chi connectivity index (χ0n) is 23.0. The number of para-hydroxylation sites is 1. The predicted octanol–water partition coefficient (Wildman–Crippen LogP) is 5.65. The Labute approximate surface area is 244 Å². The molecule has 2 amide bonds. The van der Waals surface area contributed by atoms with Crippen molar-refractivity contribution in [3.05, 3.63) is 125 Å². The van der Waals surface area contributed by atoms with Crippen LogP contribution in [0.1, 0.15) is 41.0 Å². The summed E-state index contributed by atoms with van der Waals surface area (Å²) < 4.78 is 11.6. The van der Waals surface area contributed by atoms with E-state index in [1.165, 1.54) is 0 Å². The lowest BCUT2D eigenvalue weighted by molar-refractivity contribution is -0.137. The lowest BCUT2D eigenvalue weighted by atomic mass is 9.98. The minimum Gasteiger partial charge on any atom is -0.489 e. The highest BCUT2D eigenvalue weighted by molar-refractivity contribution is 5.86. The number of amides is 2. The van der Waals surface area contributed by atoms with Crippen molar-refractivity contribution < 1.29 is 29.0 Å². The molecule has 214 valence electrons. The molecular formula is C34H32N2O6.